The van der Waals surface area contributed by atoms with E-state index in [0.717, 1.165) is 4.31 Å². The van der Waals surface area contributed by atoms with Crippen molar-refractivity contribution in [3.63, 3.8) is 0 Å². The van der Waals surface area contributed by atoms with Gasteiger partial charge in [-0.2, -0.15) is 9.40 Å². The molecule has 6 nitrogen and oxygen atoms in total. The van der Waals surface area contributed by atoms with E-state index in [1.165, 1.54) is 19.4 Å². The summed E-state index contributed by atoms with van der Waals surface area (Å²) in [4.78, 5) is 0.218. The maximum Gasteiger partial charge on any atom is 0.246 e. The summed E-state index contributed by atoms with van der Waals surface area (Å²) in [5.41, 5.74) is 5.25. The van der Waals surface area contributed by atoms with Gasteiger partial charge >= 0.3 is 0 Å². The van der Waals surface area contributed by atoms with Crippen molar-refractivity contribution in [1.29, 1.82) is 0 Å². The molecule has 0 fully saturated rings. The van der Waals surface area contributed by atoms with E-state index in [-0.39, 0.29) is 16.4 Å². The lowest BCUT2D eigenvalue weighted by molar-refractivity contribution is 0.506. The molecule has 3 N–H and O–H groups in total. The molecule has 14 heavy (non-hydrogen) atoms. The van der Waals surface area contributed by atoms with Crippen LogP contribution in [0.15, 0.2) is 17.3 Å². The maximum atomic E-state index is 11.7. The average molecular weight is 234 g/mol. The first kappa shape index (κ1) is 11.1. The van der Waals surface area contributed by atoms with Crippen molar-refractivity contribution in [3.05, 3.63) is 12.4 Å². The second-order valence-corrected chi connectivity index (χ2v) is 5.23. The van der Waals surface area contributed by atoms with E-state index in [4.69, 9.17) is 5.73 Å². The molecule has 0 aromatic carbocycles. The first-order valence-electron chi connectivity index (χ1n) is 3.68. The number of aromatic amines is 1. The third-order valence-electron chi connectivity index (χ3n) is 1.56. The summed E-state index contributed by atoms with van der Waals surface area (Å²) in [7, 11) is -2.11. The first-order valence-corrected chi connectivity index (χ1v) is 5.53. The Morgan fingerprint density at radius 1 is 1.79 bits per heavy atom. The Balaban J connectivity index is 2.92. The summed E-state index contributed by atoms with van der Waals surface area (Å²) >= 11 is 4.62. The largest absolute Gasteiger partial charge is 0.392 e. The fourth-order valence-corrected chi connectivity index (χ4v) is 2.20. The molecule has 0 aliphatic carbocycles. The second-order valence-electron chi connectivity index (χ2n) is 2.66. The number of hydrogen-bond donors (Lipinski definition) is 2. The van der Waals surface area contributed by atoms with E-state index in [1.54, 1.807) is 0 Å². The minimum Gasteiger partial charge on any atom is -0.392 e. The zero-order valence-electron chi connectivity index (χ0n) is 7.47. The highest BCUT2D eigenvalue weighted by Crippen LogP contribution is 2.10. The Morgan fingerprint density at radius 3 is 2.86 bits per heavy atom. The van der Waals surface area contributed by atoms with Crippen LogP contribution >= 0.6 is 12.2 Å². The summed E-state index contributed by atoms with van der Waals surface area (Å²) in [6.07, 6.45) is 2.52. The van der Waals surface area contributed by atoms with Crippen LogP contribution in [0.4, 0.5) is 0 Å². The molecule has 0 aliphatic heterocycles. The fraction of sp³-hybridized carbons (Fsp3) is 0.333. The lowest BCUT2D eigenvalue weighted by Gasteiger charge is -2.14. The molecule has 0 atom stereocenters. The van der Waals surface area contributed by atoms with Gasteiger partial charge < -0.3 is 5.73 Å². The number of nitrogens with one attached hydrogen (secondary N) is 1. The van der Waals surface area contributed by atoms with Crippen molar-refractivity contribution in [1.82, 2.24) is 14.5 Å². The number of sulfonamides is 1. The van der Waals surface area contributed by atoms with Crippen LogP contribution in [0.1, 0.15) is 0 Å². The van der Waals surface area contributed by atoms with Crippen molar-refractivity contribution in [3.8, 4) is 0 Å². The van der Waals surface area contributed by atoms with E-state index in [2.05, 4.69) is 22.4 Å². The highest BCUT2D eigenvalue weighted by Gasteiger charge is 2.21. The van der Waals surface area contributed by atoms with Gasteiger partial charge in [-0.1, -0.05) is 12.2 Å². The normalized spacial score (nSPS) is 11.9. The van der Waals surface area contributed by atoms with Crippen LogP contribution < -0.4 is 5.73 Å². The van der Waals surface area contributed by atoms with Crippen molar-refractivity contribution in [2.24, 2.45) is 5.73 Å². The third-order valence-corrected chi connectivity index (χ3v) is 3.46. The van der Waals surface area contributed by atoms with Crippen LogP contribution in [0.25, 0.3) is 0 Å². The molecule has 0 saturated carbocycles. The predicted molar refractivity (Wildman–Crippen MR) is 55.2 cm³/mol. The van der Waals surface area contributed by atoms with Crippen LogP contribution in [-0.4, -0.2) is 41.5 Å². The van der Waals surface area contributed by atoms with E-state index < -0.39 is 10.0 Å². The van der Waals surface area contributed by atoms with Gasteiger partial charge in [0.25, 0.3) is 0 Å². The Labute approximate surface area is 87.1 Å². The zero-order chi connectivity index (χ0) is 10.8. The summed E-state index contributed by atoms with van der Waals surface area (Å²) in [6.45, 7) is 0.0167. The number of nitrogens with zero attached hydrogens (tertiary/aromatic N) is 2. The summed E-state index contributed by atoms with van der Waals surface area (Å²) in [5.74, 6) is 0. The molecule has 0 bridgehead atoms. The van der Waals surface area contributed by atoms with Gasteiger partial charge in [0.15, 0.2) is 0 Å². The average Bonchev–Trinajstić information content (AvgIpc) is 2.54. The minimum atomic E-state index is -3.52. The fourth-order valence-electron chi connectivity index (χ4n) is 0.864. The van der Waals surface area contributed by atoms with E-state index in [9.17, 15) is 8.42 Å². The maximum absolute atomic E-state index is 11.7. The summed E-state index contributed by atoms with van der Waals surface area (Å²) in [5, 5.41) is 5.98. The van der Waals surface area contributed by atoms with E-state index in [0.29, 0.717) is 0 Å². The standard InChI is InChI=1S/C6H10N4O2S2/c1-10(4-6(7)13)14(11,12)5-2-8-9-3-5/h2-3H,4H2,1H3,(H2,7,13)(H,8,9). The van der Waals surface area contributed by atoms with E-state index in [1.807, 2.05) is 0 Å². The molecule has 78 valence electrons. The highest BCUT2D eigenvalue weighted by molar-refractivity contribution is 7.89. The molecule has 0 saturated heterocycles. The van der Waals surface area contributed by atoms with Crippen LogP contribution in [0, 0.1) is 0 Å². The van der Waals surface area contributed by atoms with Crippen LogP contribution in [0.3, 0.4) is 0 Å². The predicted octanol–water partition coefficient (Wildman–Crippen LogP) is -0.684. The summed E-state index contributed by atoms with van der Waals surface area (Å²) in [6, 6.07) is 0. The van der Waals surface area contributed by atoms with Gasteiger partial charge in [-0.3, -0.25) is 5.10 Å². The molecule has 0 aliphatic rings. The molecule has 1 rings (SSSR count). The molecule has 0 spiro atoms. The molecular formula is C6H10N4O2S2. The van der Waals surface area contributed by atoms with Crippen molar-refractivity contribution < 1.29 is 8.42 Å². The smallest absolute Gasteiger partial charge is 0.246 e. The van der Waals surface area contributed by atoms with Crippen molar-refractivity contribution in [2.75, 3.05) is 13.6 Å². The molecule has 0 unspecified atom stereocenters. The molecule has 1 heterocycles. The lowest BCUT2D eigenvalue weighted by Crippen LogP contribution is -2.34. The second kappa shape index (κ2) is 4.03. The Hall–Kier alpha value is -0.990. The lowest BCUT2D eigenvalue weighted by atomic mass is 10.7. The van der Waals surface area contributed by atoms with Gasteiger partial charge in [-0.05, 0) is 0 Å². The molecule has 0 amide bonds. The highest BCUT2D eigenvalue weighted by atomic mass is 32.2. The van der Waals surface area contributed by atoms with Gasteiger partial charge in [0, 0.05) is 13.2 Å². The number of likely N-dealkylation sites (N-methyl/N-ethyl adjacent to an activating group) is 1. The quantitative estimate of drug-likeness (QED) is 0.673. The number of nitrogens with two attached hydrogens (primary N) is 1. The number of thiocarbonyl (C=S) groups is 1. The molecular weight excluding hydrogens is 224 g/mol. The van der Waals surface area contributed by atoms with Crippen molar-refractivity contribution in [2.45, 2.75) is 4.90 Å². The van der Waals surface area contributed by atoms with Crippen molar-refractivity contribution >= 4 is 27.2 Å². The molecule has 1 aromatic rings. The van der Waals surface area contributed by atoms with E-state index >= 15 is 0 Å². The Bertz CT molecular complexity index is 411. The topological polar surface area (TPSA) is 92.1 Å². The number of rotatable bonds is 4. The molecule has 8 heteroatoms. The SMILES string of the molecule is CN(CC(N)=S)S(=O)(=O)c1cn[nH]c1. The molecule has 0 radical (unpaired) electrons. The third kappa shape index (κ3) is 2.28. The van der Waals surface area contributed by atoms with Crippen LogP contribution in [0.2, 0.25) is 0 Å². The monoisotopic (exact) mass is 234 g/mol. The Morgan fingerprint density at radius 2 is 2.43 bits per heavy atom. The van der Waals surface area contributed by atoms with Crippen LogP contribution in [0.5, 0.6) is 0 Å². The molecule has 1 aromatic heterocycles. The van der Waals surface area contributed by atoms with Gasteiger partial charge in [-0.15, -0.1) is 0 Å². The minimum absolute atomic E-state index is 0.0167. The van der Waals surface area contributed by atoms with Gasteiger partial charge in [0.2, 0.25) is 10.0 Å². The first-order chi connectivity index (χ1) is 6.44. The summed E-state index contributed by atoms with van der Waals surface area (Å²) < 4.78 is 24.4. The number of aromatic nitrogens is 2. The van der Waals surface area contributed by atoms with Gasteiger partial charge in [0.1, 0.15) is 4.90 Å². The zero-order valence-corrected chi connectivity index (χ0v) is 9.10. The van der Waals surface area contributed by atoms with Gasteiger partial charge in [-0.25, -0.2) is 8.42 Å². The number of H-pyrrole nitrogens is 1. The van der Waals surface area contributed by atoms with Gasteiger partial charge in [0.05, 0.1) is 17.7 Å². The number of hydrogen-bond acceptors (Lipinski definition) is 4. The Kier molecular flexibility index (Phi) is 3.19. The van der Waals surface area contributed by atoms with Crippen LogP contribution in [-0.2, 0) is 10.0 Å².